The average molecular weight is 330 g/mol. The summed E-state index contributed by atoms with van der Waals surface area (Å²) >= 11 is 6.34. The first-order valence-corrected chi connectivity index (χ1v) is 7.21. The zero-order valence-corrected chi connectivity index (χ0v) is 13.2. The standard InChI is InChI=1S/C17H12ClNO4/c1-22-11-7-17(18,8-19)16(23-2)13-12(11)14(20)9-5-3-4-6-10(9)15(13)21/h3-6H,7H2,1-2H3. The minimum Gasteiger partial charge on any atom is -0.500 e. The lowest BCUT2D eigenvalue weighted by molar-refractivity contribution is 0.0950. The van der Waals surface area contributed by atoms with Gasteiger partial charge < -0.3 is 9.47 Å². The second-order valence-electron chi connectivity index (χ2n) is 5.20. The molecule has 2 aliphatic rings. The van der Waals surface area contributed by atoms with Crippen LogP contribution >= 0.6 is 11.6 Å². The number of hydrogen-bond donors (Lipinski definition) is 0. The van der Waals surface area contributed by atoms with Gasteiger partial charge in [-0.3, -0.25) is 9.59 Å². The van der Waals surface area contributed by atoms with Crippen molar-refractivity contribution in [2.45, 2.75) is 11.3 Å². The van der Waals surface area contributed by atoms with E-state index in [1.807, 2.05) is 6.07 Å². The van der Waals surface area contributed by atoms with Gasteiger partial charge in [0.25, 0.3) is 0 Å². The van der Waals surface area contributed by atoms with Crippen LogP contribution in [0.2, 0.25) is 0 Å². The van der Waals surface area contributed by atoms with Crippen LogP contribution < -0.4 is 0 Å². The summed E-state index contributed by atoms with van der Waals surface area (Å²) in [5.41, 5.74) is 0.704. The molecule has 0 radical (unpaired) electrons. The Kier molecular flexibility index (Phi) is 3.50. The molecule has 5 nitrogen and oxygen atoms in total. The number of nitriles is 1. The number of allylic oxidation sites excluding steroid dienone is 4. The molecule has 23 heavy (non-hydrogen) atoms. The normalized spacial score (nSPS) is 23.2. The van der Waals surface area contributed by atoms with Crippen molar-refractivity contribution in [3.63, 3.8) is 0 Å². The number of alkyl halides is 1. The van der Waals surface area contributed by atoms with E-state index in [1.54, 1.807) is 24.3 Å². The minimum atomic E-state index is -1.58. The van der Waals surface area contributed by atoms with E-state index in [4.69, 9.17) is 21.1 Å². The van der Waals surface area contributed by atoms with Crippen molar-refractivity contribution >= 4 is 23.2 Å². The monoisotopic (exact) mass is 329 g/mol. The molecular formula is C17H12ClNO4. The highest BCUT2D eigenvalue weighted by molar-refractivity contribution is 6.34. The topological polar surface area (TPSA) is 76.4 Å². The van der Waals surface area contributed by atoms with Gasteiger partial charge in [-0.2, -0.15) is 5.26 Å². The Hall–Kier alpha value is -2.58. The van der Waals surface area contributed by atoms with Gasteiger partial charge in [0.1, 0.15) is 11.5 Å². The van der Waals surface area contributed by atoms with Crippen molar-refractivity contribution in [3.05, 3.63) is 58.1 Å². The third-order valence-corrected chi connectivity index (χ3v) is 4.41. The summed E-state index contributed by atoms with van der Waals surface area (Å²) in [6.07, 6.45) is -0.0508. The molecule has 3 rings (SSSR count). The van der Waals surface area contributed by atoms with Crippen LogP contribution in [-0.2, 0) is 9.47 Å². The molecule has 0 fully saturated rings. The highest BCUT2D eigenvalue weighted by atomic mass is 35.5. The van der Waals surface area contributed by atoms with Gasteiger partial charge in [-0.25, -0.2) is 0 Å². The third-order valence-electron chi connectivity index (χ3n) is 4.02. The predicted molar refractivity (Wildman–Crippen MR) is 82.0 cm³/mol. The van der Waals surface area contributed by atoms with Crippen LogP contribution in [-0.4, -0.2) is 30.7 Å². The van der Waals surface area contributed by atoms with Gasteiger partial charge in [0, 0.05) is 17.5 Å². The third kappa shape index (κ3) is 1.99. The van der Waals surface area contributed by atoms with E-state index in [2.05, 4.69) is 0 Å². The first-order valence-electron chi connectivity index (χ1n) is 6.83. The zero-order chi connectivity index (χ0) is 16.8. The maximum Gasteiger partial charge on any atom is 0.198 e. The molecular weight excluding hydrogens is 318 g/mol. The van der Waals surface area contributed by atoms with Crippen molar-refractivity contribution in [3.8, 4) is 6.07 Å². The minimum absolute atomic E-state index is 0.00896. The molecule has 6 heteroatoms. The number of carbonyl (C=O) groups excluding carboxylic acids is 2. The molecule has 1 aromatic carbocycles. The number of methoxy groups -OCH3 is 2. The highest BCUT2D eigenvalue weighted by Gasteiger charge is 2.49. The van der Waals surface area contributed by atoms with E-state index in [0.29, 0.717) is 5.56 Å². The number of Topliss-reactive ketones (excluding diaryl/α,β-unsaturated/α-hetero) is 2. The molecule has 0 aliphatic heterocycles. The van der Waals surface area contributed by atoms with Crippen molar-refractivity contribution < 1.29 is 19.1 Å². The van der Waals surface area contributed by atoms with Crippen molar-refractivity contribution in [1.29, 1.82) is 5.26 Å². The van der Waals surface area contributed by atoms with Crippen LogP contribution in [0.4, 0.5) is 0 Å². The number of benzene rings is 1. The van der Waals surface area contributed by atoms with Crippen LogP contribution in [0.1, 0.15) is 27.1 Å². The lowest BCUT2D eigenvalue weighted by Gasteiger charge is -2.33. The number of halogens is 1. The molecule has 0 bridgehead atoms. The Morgan fingerprint density at radius 1 is 1.09 bits per heavy atom. The fraction of sp³-hybridized carbons (Fsp3) is 0.235. The van der Waals surface area contributed by atoms with Crippen LogP contribution in [0, 0.1) is 11.3 Å². The molecule has 2 aliphatic carbocycles. The molecule has 116 valence electrons. The Morgan fingerprint density at radius 3 is 2.13 bits per heavy atom. The molecule has 0 spiro atoms. The SMILES string of the molecule is COC1=C2C(=O)c3ccccc3C(=O)C2=C(OC)C(Cl)(C#N)C1. The molecule has 0 amide bonds. The number of rotatable bonds is 2. The molecule has 1 unspecified atom stereocenters. The molecule has 0 saturated heterocycles. The average Bonchev–Trinajstić information content (AvgIpc) is 2.58. The highest BCUT2D eigenvalue weighted by Crippen LogP contribution is 2.46. The number of fused-ring (bicyclic) bond motifs is 2. The molecule has 1 atom stereocenters. The van der Waals surface area contributed by atoms with Gasteiger partial charge in [-0.05, 0) is 0 Å². The smallest absolute Gasteiger partial charge is 0.198 e. The van der Waals surface area contributed by atoms with Crippen LogP contribution in [0.5, 0.6) is 0 Å². The van der Waals surface area contributed by atoms with Gasteiger partial charge in [-0.1, -0.05) is 35.9 Å². The Morgan fingerprint density at radius 2 is 1.65 bits per heavy atom. The Labute approximate surface area is 137 Å². The fourth-order valence-corrected chi connectivity index (χ4v) is 3.27. The Bertz CT molecular complexity index is 846. The predicted octanol–water partition coefficient (Wildman–Crippen LogP) is 2.77. The van der Waals surface area contributed by atoms with E-state index in [-0.39, 0.29) is 40.4 Å². The van der Waals surface area contributed by atoms with Crippen LogP contribution in [0.15, 0.2) is 46.9 Å². The first-order chi connectivity index (χ1) is 11.0. The summed E-state index contributed by atoms with van der Waals surface area (Å²) in [6.45, 7) is 0. The van der Waals surface area contributed by atoms with Crippen molar-refractivity contribution in [2.24, 2.45) is 0 Å². The van der Waals surface area contributed by atoms with E-state index in [9.17, 15) is 14.9 Å². The van der Waals surface area contributed by atoms with E-state index in [1.165, 1.54) is 14.2 Å². The number of hydrogen-bond acceptors (Lipinski definition) is 5. The second kappa shape index (κ2) is 5.25. The largest absolute Gasteiger partial charge is 0.500 e. The van der Waals surface area contributed by atoms with Gasteiger partial charge in [0.2, 0.25) is 0 Å². The first kappa shape index (κ1) is 15.3. The quantitative estimate of drug-likeness (QED) is 0.780. The number of ketones is 2. The van der Waals surface area contributed by atoms with E-state index in [0.717, 1.165) is 0 Å². The molecule has 0 heterocycles. The lowest BCUT2D eigenvalue weighted by Crippen LogP contribution is -2.37. The second-order valence-corrected chi connectivity index (χ2v) is 5.85. The summed E-state index contributed by atoms with van der Waals surface area (Å²) in [7, 11) is 2.70. The number of carbonyl (C=O) groups is 2. The summed E-state index contributed by atoms with van der Waals surface area (Å²) in [5.74, 6) is -0.532. The van der Waals surface area contributed by atoms with E-state index < -0.39 is 10.7 Å². The Balaban J connectivity index is 2.41. The summed E-state index contributed by atoms with van der Waals surface area (Å²) in [4.78, 5) is 24.1. The van der Waals surface area contributed by atoms with Crippen LogP contribution in [0.3, 0.4) is 0 Å². The summed E-state index contributed by atoms with van der Waals surface area (Å²) in [5, 5.41) is 9.43. The van der Waals surface area contributed by atoms with Gasteiger partial charge in [-0.15, -0.1) is 0 Å². The van der Waals surface area contributed by atoms with Crippen molar-refractivity contribution in [2.75, 3.05) is 14.2 Å². The molecule has 1 aromatic rings. The van der Waals surface area contributed by atoms with Gasteiger partial charge in [0.05, 0.1) is 31.4 Å². The maximum atomic E-state index is 12.9. The summed E-state index contributed by atoms with van der Waals surface area (Å²) in [6, 6.07) is 8.46. The summed E-state index contributed by atoms with van der Waals surface area (Å²) < 4.78 is 10.5. The zero-order valence-electron chi connectivity index (χ0n) is 12.5. The molecule has 0 N–H and O–H groups in total. The fourth-order valence-electron chi connectivity index (χ4n) is 2.97. The van der Waals surface area contributed by atoms with E-state index >= 15 is 0 Å². The maximum absolute atomic E-state index is 12.9. The van der Waals surface area contributed by atoms with Crippen molar-refractivity contribution in [1.82, 2.24) is 0 Å². The molecule has 0 aromatic heterocycles. The lowest BCUT2D eigenvalue weighted by atomic mass is 9.75. The number of ether oxygens (including phenoxy) is 2. The molecule has 0 saturated carbocycles. The van der Waals surface area contributed by atoms with Gasteiger partial charge in [0.15, 0.2) is 16.4 Å². The van der Waals surface area contributed by atoms with Gasteiger partial charge >= 0.3 is 0 Å². The number of nitrogens with zero attached hydrogens (tertiary/aromatic N) is 1. The van der Waals surface area contributed by atoms with Crippen LogP contribution in [0.25, 0.3) is 0 Å².